The van der Waals surface area contributed by atoms with E-state index >= 15 is 0 Å². The molecule has 16 heavy (non-hydrogen) atoms. The first-order chi connectivity index (χ1) is 7.45. The molecule has 0 saturated carbocycles. The maximum Gasteiger partial charge on any atom is 0.240 e. The van der Waals surface area contributed by atoms with Gasteiger partial charge >= 0.3 is 0 Å². The predicted octanol–water partition coefficient (Wildman–Crippen LogP) is 0.868. The summed E-state index contributed by atoms with van der Waals surface area (Å²) in [6.07, 6.45) is 0. The third kappa shape index (κ3) is 3.59. The van der Waals surface area contributed by atoms with Gasteiger partial charge in [-0.2, -0.15) is 0 Å². The number of nitrogens with two attached hydrogens (primary N) is 1. The van der Waals surface area contributed by atoms with Crippen LogP contribution in [-0.4, -0.2) is 21.5 Å². The van der Waals surface area contributed by atoms with Crippen molar-refractivity contribution in [2.75, 3.05) is 13.1 Å². The van der Waals surface area contributed by atoms with Crippen molar-refractivity contribution in [3.63, 3.8) is 0 Å². The van der Waals surface area contributed by atoms with Gasteiger partial charge in [-0.05, 0) is 37.1 Å². The summed E-state index contributed by atoms with van der Waals surface area (Å²) in [7, 11) is -3.39. The highest BCUT2D eigenvalue weighted by Gasteiger charge is 2.14. The predicted molar refractivity (Wildman–Crippen MR) is 64.6 cm³/mol. The van der Waals surface area contributed by atoms with Gasteiger partial charge in [0.05, 0.1) is 4.90 Å². The summed E-state index contributed by atoms with van der Waals surface area (Å²) >= 11 is 0. The highest BCUT2D eigenvalue weighted by Crippen LogP contribution is 2.10. The molecule has 3 N–H and O–H groups in total. The summed E-state index contributed by atoms with van der Waals surface area (Å²) in [5, 5.41) is 0. The summed E-state index contributed by atoms with van der Waals surface area (Å²) in [6, 6.07) is 6.83. The molecule has 0 saturated heterocycles. The Morgan fingerprint density at radius 3 is 2.69 bits per heavy atom. The van der Waals surface area contributed by atoms with Crippen LogP contribution in [0.15, 0.2) is 29.2 Å². The third-order valence-corrected chi connectivity index (χ3v) is 3.75. The van der Waals surface area contributed by atoms with E-state index in [2.05, 4.69) is 4.72 Å². The zero-order valence-electron chi connectivity index (χ0n) is 9.60. The summed E-state index contributed by atoms with van der Waals surface area (Å²) in [6.45, 7) is 4.60. The fraction of sp³-hybridized carbons (Fsp3) is 0.455. The first kappa shape index (κ1) is 13.2. The van der Waals surface area contributed by atoms with E-state index in [0.29, 0.717) is 18.0 Å². The van der Waals surface area contributed by atoms with E-state index in [0.717, 1.165) is 5.56 Å². The molecule has 1 rings (SSSR count). The average Bonchev–Trinajstić information content (AvgIpc) is 2.26. The second kappa shape index (κ2) is 5.43. The van der Waals surface area contributed by atoms with Gasteiger partial charge in [0.2, 0.25) is 10.0 Å². The Bertz CT molecular complexity index is 443. The van der Waals surface area contributed by atoms with E-state index in [4.69, 9.17) is 5.73 Å². The molecule has 0 spiro atoms. The lowest BCUT2D eigenvalue weighted by Crippen LogP contribution is -2.31. The van der Waals surface area contributed by atoms with Crippen LogP contribution < -0.4 is 10.5 Å². The van der Waals surface area contributed by atoms with Crippen LogP contribution in [0.3, 0.4) is 0 Å². The van der Waals surface area contributed by atoms with Crippen molar-refractivity contribution >= 4 is 10.0 Å². The lowest BCUT2D eigenvalue weighted by atomic mass is 10.2. The van der Waals surface area contributed by atoms with Gasteiger partial charge in [-0.25, -0.2) is 13.1 Å². The Morgan fingerprint density at radius 1 is 1.44 bits per heavy atom. The lowest BCUT2D eigenvalue weighted by Gasteiger charge is -2.11. The zero-order valence-corrected chi connectivity index (χ0v) is 10.4. The van der Waals surface area contributed by atoms with Gasteiger partial charge < -0.3 is 5.73 Å². The molecular weight excluding hydrogens is 224 g/mol. The molecule has 0 bridgehead atoms. The fourth-order valence-electron chi connectivity index (χ4n) is 1.20. The van der Waals surface area contributed by atoms with Gasteiger partial charge in [-0.15, -0.1) is 0 Å². The maximum atomic E-state index is 11.9. The normalized spacial score (nSPS) is 13.7. The van der Waals surface area contributed by atoms with Gasteiger partial charge in [0.25, 0.3) is 0 Å². The second-order valence-corrected chi connectivity index (χ2v) is 5.78. The molecule has 0 aliphatic carbocycles. The molecule has 1 unspecified atom stereocenters. The maximum absolute atomic E-state index is 11.9. The van der Waals surface area contributed by atoms with E-state index in [1.54, 1.807) is 18.2 Å². The fourth-order valence-corrected chi connectivity index (χ4v) is 2.47. The topological polar surface area (TPSA) is 72.2 Å². The van der Waals surface area contributed by atoms with Crippen molar-refractivity contribution < 1.29 is 8.42 Å². The van der Waals surface area contributed by atoms with Crippen molar-refractivity contribution in [2.24, 2.45) is 11.7 Å². The van der Waals surface area contributed by atoms with Crippen molar-refractivity contribution in [3.8, 4) is 0 Å². The monoisotopic (exact) mass is 242 g/mol. The first-order valence-corrected chi connectivity index (χ1v) is 6.70. The van der Waals surface area contributed by atoms with E-state index in [1.165, 1.54) is 0 Å². The van der Waals surface area contributed by atoms with Crippen LogP contribution >= 0.6 is 0 Å². The van der Waals surface area contributed by atoms with Crippen LogP contribution in [0.4, 0.5) is 0 Å². The smallest absolute Gasteiger partial charge is 0.240 e. The number of aryl methyl sites for hydroxylation is 1. The van der Waals surface area contributed by atoms with Crippen LogP contribution in [0.5, 0.6) is 0 Å². The number of hydrogen-bond acceptors (Lipinski definition) is 3. The van der Waals surface area contributed by atoms with E-state index in [-0.39, 0.29) is 5.92 Å². The van der Waals surface area contributed by atoms with Gasteiger partial charge in [-0.1, -0.05) is 19.1 Å². The van der Waals surface area contributed by atoms with Crippen molar-refractivity contribution in [1.29, 1.82) is 0 Å². The minimum atomic E-state index is -3.39. The number of sulfonamides is 1. The Hall–Kier alpha value is -0.910. The largest absolute Gasteiger partial charge is 0.330 e. The Labute approximate surface area is 96.9 Å². The number of rotatable bonds is 5. The van der Waals surface area contributed by atoms with Gasteiger partial charge in [0.1, 0.15) is 0 Å². The Morgan fingerprint density at radius 2 is 2.12 bits per heavy atom. The summed E-state index contributed by atoms with van der Waals surface area (Å²) in [4.78, 5) is 0.303. The molecule has 0 fully saturated rings. The van der Waals surface area contributed by atoms with Crippen LogP contribution in [-0.2, 0) is 10.0 Å². The summed E-state index contributed by atoms with van der Waals surface area (Å²) in [5.41, 5.74) is 6.36. The molecule has 0 aliphatic rings. The standard InChI is InChI=1S/C11H18N2O2S/c1-9-4-3-5-11(6-9)16(14,15)13-8-10(2)7-12/h3-6,10,13H,7-8,12H2,1-2H3. The number of nitrogens with one attached hydrogen (secondary N) is 1. The van der Waals surface area contributed by atoms with Crippen LogP contribution in [0.2, 0.25) is 0 Å². The zero-order chi connectivity index (χ0) is 12.2. The highest BCUT2D eigenvalue weighted by molar-refractivity contribution is 7.89. The Balaban J connectivity index is 2.78. The van der Waals surface area contributed by atoms with Crippen LogP contribution in [0.25, 0.3) is 0 Å². The van der Waals surface area contributed by atoms with E-state index in [1.807, 2.05) is 19.9 Å². The minimum Gasteiger partial charge on any atom is -0.330 e. The van der Waals surface area contributed by atoms with Gasteiger partial charge in [-0.3, -0.25) is 0 Å². The van der Waals surface area contributed by atoms with Gasteiger partial charge in [0, 0.05) is 6.54 Å². The van der Waals surface area contributed by atoms with Crippen molar-refractivity contribution in [1.82, 2.24) is 4.72 Å². The van der Waals surface area contributed by atoms with E-state index < -0.39 is 10.0 Å². The van der Waals surface area contributed by atoms with Crippen LogP contribution in [0, 0.1) is 12.8 Å². The van der Waals surface area contributed by atoms with E-state index in [9.17, 15) is 8.42 Å². The molecule has 1 aromatic rings. The van der Waals surface area contributed by atoms with Crippen molar-refractivity contribution in [3.05, 3.63) is 29.8 Å². The molecule has 0 aromatic heterocycles. The lowest BCUT2D eigenvalue weighted by molar-refractivity contribution is 0.545. The van der Waals surface area contributed by atoms with Crippen molar-refractivity contribution in [2.45, 2.75) is 18.7 Å². The minimum absolute atomic E-state index is 0.139. The Kier molecular flexibility index (Phi) is 4.46. The van der Waals surface area contributed by atoms with Gasteiger partial charge in [0.15, 0.2) is 0 Å². The second-order valence-electron chi connectivity index (χ2n) is 4.01. The quantitative estimate of drug-likeness (QED) is 0.804. The molecule has 90 valence electrons. The summed E-state index contributed by atoms with van der Waals surface area (Å²) < 4.78 is 26.3. The number of benzene rings is 1. The SMILES string of the molecule is Cc1cccc(S(=O)(=O)NCC(C)CN)c1. The van der Waals surface area contributed by atoms with Crippen LogP contribution in [0.1, 0.15) is 12.5 Å². The molecular formula is C11H18N2O2S. The first-order valence-electron chi connectivity index (χ1n) is 5.22. The molecule has 0 aliphatic heterocycles. The molecule has 0 radical (unpaired) electrons. The third-order valence-electron chi connectivity index (χ3n) is 2.32. The average molecular weight is 242 g/mol. The molecule has 0 heterocycles. The molecule has 1 aromatic carbocycles. The highest BCUT2D eigenvalue weighted by atomic mass is 32.2. The molecule has 5 heteroatoms. The molecule has 4 nitrogen and oxygen atoms in total. The number of hydrogen-bond donors (Lipinski definition) is 2. The molecule has 0 amide bonds. The molecule has 1 atom stereocenters. The summed E-state index contributed by atoms with van der Waals surface area (Å²) in [5.74, 6) is 0.139.